The molecule has 0 saturated carbocycles. The van der Waals surface area contributed by atoms with Gasteiger partial charge in [0.25, 0.3) is 0 Å². The second kappa shape index (κ2) is 5.83. The molecule has 0 fully saturated rings. The molecule has 0 atom stereocenters. The zero-order valence-corrected chi connectivity index (χ0v) is 10.8. The van der Waals surface area contributed by atoms with E-state index in [0.717, 1.165) is 31.4 Å². The third-order valence-electron chi connectivity index (χ3n) is 3.07. The first-order valence-corrected chi connectivity index (χ1v) is 6.07. The van der Waals surface area contributed by atoms with Crippen molar-refractivity contribution in [2.75, 3.05) is 0 Å². The third kappa shape index (κ3) is 3.19. The lowest BCUT2D eigenvalue weighted by molar-refractivity contribution is -0.119. The Morgan fingerprint density at radius 1 is 1.31 bits per heavy atom. The molecule has 0 spiro atoms. The van der Waals surface area contributed by atoms with Gasteiger partial charge in [-0.05, 0) is 38.7 Å². The predicted molar refractivity (Wildman–Crippen MR) is 65.5 cm³/mol. The summed E-state index contributed by atoms with van der Waals surface area (Å²) in [5.74, 6) is 0.390. The van der Waals surface area contributed by atoms with E-state index < -0.39 is 0 Å². The first-order chi connectivity index (χ1) is 7.56. The van der Waals surface area contributed by atoms with E-state index in [1.54, 1.807) is 0 Å². The molecule has 1 rings (SSSR count). The standard InChI is InChI=1S/C13H22N2O/c1-5-7-12(16)8-6-9-13-10(2)14-15(4)11(13)3/h5-9H2,1-4H3. The van der Waals surface area contributed by atoms with Crippen molar-refractivity contribution in [1.82, 2.24) is 9.78 Å². The van der Waals surface area contributed by atoms with Gasteiger partial charge in [-0.1, -0.05) is 6.92 Å². The predicted octanol–water partition coefficient (Wildman–Crippen LogP) is 2.73. The maximum Gasteiger partial charge on any atom is 0.132 e. The quantitative estimate of drug-likeness (QED) is 0.741. The number of nitrogens with zero attached hydrogens (tertiary/aromatic N) is 2. The maximum absolute atomic E-state index is 11.4. The van der Waals surface area contributed by atoms with Crippen molar-refractivity contribution in [2.45, 2.75) is 52.9 Å². The number of hydrogen-bond donors (Lipinski definition) is 0. The second-order valence-electron chi connectivity index (χ2n) is 4.42. The first-order valence-electron chi connectivity index (χ1n) is 6.07. The summed E-state index contributed by atoms with van der Waals surface area (Å²) in [5, 5.41) is 4.38. The van der Waals surface area contributed by atoms with Crippen LogP contribution in [0.4, 0.5) is 0 Å². The molecule has 0 aliphatic rings. The maximum atomic E-state index is 11.4. The number of Topliss-reactive ketones (excluding diaryl/α,β-unsaturated/α-hetero) is 1. The van der Waals surface area contributed by atoms with E-state index in [0.29, 0.717) is 12.2 Å². The van der Waals surface area contributed by atoms with Crippen LogP contribution < -0.4 is 0 Å². The molecule has 0 unspecified atom stereocenters. The largest absolute Gasteiger partial charge is 0.300 e. The minimum Gasteiger partial charge on any atom is -0.300 e. The van der Waals surface area contributed by atoms with Gasteiger partial charge in [0.2, 0.25) is 0 Å². The van der Waals surface area contributed by atoms with Gasteiger partial charge in [0, 0.05) is 25.6 Å². The van der Waals surface area contributed by atoms with Gasteiger partial charge >= 0.3 is 0 Å². The Labute approximate surface area is 97.8 Å². The normalized spacial score (nSPS) is 10.8. The molecule has 3 heteroatoms. The van der Waals surface area contributed by atoms with Gasteiger partial charge in [0.1, 0.15) is 5.78 Å². The Kier molecular flexibility index (Phi) is 4.71. The summed E-state index contributed by atoms with van der Waals surface area (Å²) in [6, 6.07) is 0. The average Bonchev–Trinajstić information content (AvgIpc) is 2.45. The molecule has 1 heterocycles. The molecule has 0 aliphatic heterocycles. The van der Waals surface area contributed by atoms with Crippen LogP contribution >= 0.6 is 0 Å². The number of ketones is 1. The number of rotatable bonds is 6. The molecule has 3 nitrogen and oxygen atoms in total. The molecule has 0 saturated heterocycles. The number of aromatic nitrogens is 2. The summed E-state index contributed by atoms with van der Waals surface area (Å²) in [6.45, 7) is 6.17. The fourth-order valence-electron chi connectivity index (χ4n) is 2.05. The van der Waals surface area contributed by atoms with Gasteiger partial charge in [0.05, 0.1) is 5.69 Å². The molecule has 0 aromatic carbocycles. The third-order valence-corrected chi connectivity index (χ3v) is 3.07. The van der Waals surface area contributed by atoms with Gasteiger partial charge in [-0.3, -0.25) is 9.48 Å². The van der Waals surface area contributed by atoms with Crippen LogP contribution in [-0.4, -0.2) is 15.6 Å². The summed E-state index contributed by atoms with van der Waals surface area (Å²) in [7, 11) is 1.97. The van der Waals surface area contributed by atoms with Gasteiger partial charge in [-0.2, -0.15) is 5.10 Å². The van der Waals surface area contributed by atoms with Gasteiger partial charge < -0.3 is 0 Å². The zero-order valence-electron chi connectivity index (χ0n) is 10.8. The van der Waals surface area contributed by atoms with E-state index in [4.69, 9.17) is 0 Å². The van der Waals surface area contributed by atoms with Crippen LogP contribution in [0.15, 0.2) is 0 Å². The summed E-state index contributed by atoms with van der Waals surface area (Å²) in [4.78, 5) is 11.4. The number of carbonyl (C=O) groups is 1. The zero-order chi connectivity index (χ0) is 12.1. The Hall–Kier alpha value is -1.12. The van der Waals surface area contributed by atoms with Crippen LogP contribution in [-0.2, 0) is 18.3 Å². The Bertz CT molecular complexity index is 366. The summed E-state index contributed by atoms with van der Waals surface area (Å²) < 4.78 is 1.92. The van der Waals surface area contributed by atoms with Gasteiger partial charge in [0.15, 0.2) is 0 Å². The molecular formula is C13H22N2O. The van der Waals surface area contributed by atoms with Gasteiger partial charge in [-0.25, -0.2) is 0 Å². The van der Waals surface area contributed by atoms with Crippen molar-refractivity contribution >= 4 is 5.78 Å². The van der Waals surface area contributed by atoms with Crippen LogP contribution in [0.2, 0.25) is 0 Å². The van der Waals surface area contributed by atoms with E-state index in [1.807, 2.05) is 25.6 Å². The average molecular weight is 222 g/mol. The minimum atomic E-state index is 0.390. The summed E-state index contributed by atoms with van der Waals surface area (Å²) >= 11 is 0. The lowest BCUT2D eigenvalue weighted by Gasteiger charge is -2.01. The highest BCUT2D eigenvalue weighted by Gasteiger charge is 2.09. The lowest BCUT2D eigenvalue weighted by atomic mass is 10.0. The van der Waals surface area contributed by atoms with E-state index in [-0.39, 0.29) is 0 Å². The molecule has 0 bridgehead atoms. The van der Waals surface area contributed by atoms with E-state index in [1.165, 1.54) is 11.3 Å². The molecular weight excluding hydrogens is 200 g/mol. The number of aryl methyl sites for hydroxylation is 2. The van der Waals surface area contributed by atoms with Crippen molar-refractivity contribution in [1.29, 1.82) is 0 Å². The van der Waals surface area contributed by atoms with Crippen LogP contribution in [0.5, 0.6) is 0 Å². The first kappa shape index (κ1) is 12.9. The molecule has 1 aromatic heterocycles. The molecule has 16 heavy (non-hydrogen) atoms. The topological polar surface area (TPSA) is 34.9 Å². The summed E-state index contributed by atoms with van der Waals surface area (Å²) in [6.07, 6.45) is 4.32. The SMILES string of the molecule is CCCC(=O)CCCc1c(C)nn(C)c1C. The van der Waals surface area contributed by atoms with Crippen molar-refractivity contribution in [3.05, 3.63) is 17.0 Å². The molecule has 0 aliphatic carbocycles. The molecule has 0 amide bonds. The molecule has 1 aromatic rings. The van der Waals surface area contributed by atoms with Crippen LogP contribution in [0, 0.1) is 13.8 Å². The monoisotopic (exact) mass is 222 g/mol. The lowest BCUT2D eigenvalue weighted by Crippen LogP contribution is -1.99. The van der Waals surface area contributed by atoms with E-state index >= 15 is 0 Å². The highest BCUT2D eigenvalue weighted by atomic mass is 16.1. The Morgan fingerprint density at radius 2 is 2.00 bits per heavy atom. The molecule has 90 valence electrons. The van der Waals surface area contributed by atoms with Gasteiger partial charge in [-0.15, -0.1) is 0 Å². The summed E-state index contributed by atoms with van der Waals surface area (Å²) in [5.41, 5.74) is 3.63. The van der Waals surface area contributed by atoms with Crippen LogP contribution in [0.1, 0.15) is 49.6 Å². The van der Waals surface area contributed by atoms with Crippen LogP contribution in [0.3, 0.4) is 0 Å². The van der Waals surface area contributed by atoms with Crippen LogP contribution in [0.25, 0.3) is 0 Å². The fourth-order valence-corrected chi connectivity index (χ4v) is 2.05. The highest BCUT2D eigenvalue weighted by Crippen LogP contribution is 2.15. The fraction of sp³-hybridized carbons (Fsp3) is 0.692. The van der Waals surface area contributed by atoms with Crippen molar-refractivity contribution in [3.8, 4) is 0 Å². The van der Waals surface area contributed by atoms with Crippen molar-refractivity contribution in [2.24, 2.45) is 7.05 Å². The number of hydrogen-bond acceptors (Lipinski definition) is 2. The van der Waals surface area contributed by atoms with E-state index in [2.05, 4.69) is 12.0 Å². The highest BCUT2D eigenvalue weighted by molar-refractivity contribution is 5.78. The Balaban J connectivity index is 2.46. The van der Waals surface area contributed by atoms with Crippen molar-refractivity contribution < 1.29 is 4.79 Å². The second-order valence-corrected chi connectivity index (χ2v) is 4.42. The van der Waals surface area contributed by atoms with Crippen molar-refractivity contribution in [3.63, 3.8) is 0 Å². The minimum absolute atomic E-state index is 0.390. The molecule has 0 N–H and O–H groups in total. The van der Waals surface area contributed by atoms with E-state index in [9.17, 15) is 4.79 Å². The molecule has 0 radical (unpaired) electrons. The smallest absolute Gasteiger partial charge is 0.132 e. The number of carbonyl (C=O) groups excluding carboxylic acids is 1. The Morgan fingerprint density at radius 3 is 2.50 bits per heavy atom.